The fourth-order valence-electron chi connectivity index (χ4n) is 18.2. The van der Waals surface area contributed by atoms with Crippen molar-refractivity contribution >= 4 is 124 Å². The van der Waals surface area contributed by atoms with Crippen LogP contribution in [0.2, 0.25) is 0 Å². The topological polar surface area (TPSA) is 841 Å². The summed E-state index contributed by atoms with van der Waals surface area (Å²) in [7, 11) is 0. The summed E-state index contributed by atoms with van der Waals surface area (Å²) in [4.78, 5) is 275. The summed E-state index contributed by atoms with van der Waals surface area (Å²) in [5.74, 6) is -20.4. The molecule has 0 spiro atoms. The van der Waals surface area contributed by atoms with Crippen LogP contribution >= 0.6 is 0 Å². The first-order valence-corrected chi connectivity index (χ1v) is 48.0. The molecular formula is C89H144N26O27. The SMILES string of the molecule is CC(=O)N[C@H]1[C@@H](O[C@H](C)[C@H](NC(=O)[C@@H]2CCCN2C(=O)[C@H](CCCCN)NC(=O)[C@@H](NC(=O)[C@H](CC(N)=O)NC(=O)[C@@H](NC(=O)[C@@H]2CCCN2C(=O)[C@H](CC(N)=O)NC(=O)[C@@H]2CCCN2C(=O)[C@H](CCCNC(=N)N)NC(=O)CN)C(C)C)[C@@H](C)O)C(=O)N2CCC[C@H]2C(=O)N[C@@H](Cc2ccc(O)cc2)C(=O)N2CCC[C@H]2C(=O)N[C@@H](CCCNC(=N)N)C(=O)N[C@@H](CC(C)C)C(=O)O)O[C@H](CO)[C@H](O)[C@@H]1O. The second kappa shape index (κ2) is 55.5. The van der Waals surface area contributed by atoms with Gasteiger partial charge in [0, 0.05) is 59.2 Å². The zero-order chi connectivity index (χ0) is 105. The van der Waals surface area contributed by atoms with Gasteiger partial charge in [-0.05, 0) is 165 Å². The number of aliphatic carboxylic acids is 1. The molecule has 6 saturated heterocycles. The van der Waals surface area contributed by atoms with Crippen molar-refractivity contribution in [2.45, 2.75) is 317 Å². The molecular weight excluding hydrogens is 1870 g/mol. The quantitative estimate of drug-likeness (QED) is 0.0164. The molecule has 1 aromatic carbocycles. The Bertz CT molecular complexity index is 4630. The molecule has 53 heteroatoms. The van der Waals surface area contributed by atoms with Gasteiger partial charge in [-0.25, -0.2) is 4.79 Å². The van der Waals surface area contributed by atoms with Gasteiger partial charge < -0.3 is 168 Å². The van der Waals surface area contributed by atoms with E-state index in [4.69, 9.17) is 54.7 Å². The minimum atomic E-state index is -2.03. The second-order valence-electron chi connectivity index (χ2n) is 37.3. The lowest BCUT2D eigenvalue weighted by molar-refractivity contribution is -0.281. The third-order valence-electron chi connectivity index (χ3n) is 25.5. The van der Waals surface area contributed by atoms with Crippen LogP contribution in [-0.4, -0.2) is 378 Å². The van der Waals surface area contributed by atoms with Crippen LogP contribution in [0.4, 0.5) is 0 Å². The van der Waals surface area contributed by atoms with Crippen molar-refractivity contribution in [2.24, 2.45) is 46.2 Å². The number of carboxylic acid groups (broad SMARTS) is 1. The van der Waals surface area contributed by atoms with Gasteiger partial charge in [0.05, 0.1) is 38.2 Å². The average Bonchev–Trinajstić information content (AvgIpc) is 1.71. The van der Waals surface area contributed by atoms with Crippen molar-refractivity contribution in [1.29, 1.82) is 10.8 Å². The summed E-state index contributed by atoms with van der Waals surface area (Å²) in [6.45, 7) is 8.28. The number of benzene rings is 1. The first-order valence-electron chi connectivity index (χ1n) is 48.0. The Morgan fingerprint density at radius 3 is 1.31 bits per heavy atom. The number of unbranched alkanes of at least 4 members (excludes halogenated alkanes) is 1. The van der Waals surface area contributed by atoms with Crippen LogP contribution in [0.3, 0.4) is 0 Å². The summed E-state index contributed by atoms with van der Waals surface area (Å²) < 4.78 is 12.2. The van der Waals surface area contributed by atoms with Gasteiger partial charge in [0.25, 0.3) is 0 Å². The molecule has 0 saturated carbocycles. The van der Waals surface area contributed by atoms with Gasteiger partial charge >= 0.3 is 5.97 Å². The maximum Gasteiger partial charge on any atom is 0.326 e. The first-order chi connectivity index (χ1) is 67.1. The zero-order valence-electron chi connectivity index (χ0n) is 81.0. The van der Waals surface area contributed by atoms with Gasteiger partial charge in [0.1, 0.15) is 121 Å². The molecule has 0 aromatic heterocycles. The number of phenols is 1. The fourth-order valence-corrected chi connectivity index (χ4v) is 18.2. The predicted octanol–water partition coefficient (Wildman–Crippen LogP) is -10.4. The standard InChI is InChI=1S/C89H144N26O27/c1-43(2)37-56(86(139)140)107-72(125)50(18-10-30-98-88(94)95)102-74(127)57-20-13-34-113(57)83(136)54(38-48-25-27-49(119)28-26-48)105-76(129)59-22-16-36-115(59)85(138)68(46(6)141-87-69(100-47(7)118)71(124)70(123)62(42-116)142-87)110-78(131)61-24-14-33-112(61)82(135)52(17-8-9-29-90)103-80(133)67(45(5)117)109-73(126)53(39-63(92)120)104-79(132)66(44(3)4)108-77(130)60-23-15-35-114(60)84(137)55(40-64(93)121)106-75(128)58-21-12-32-111(58)81(134)51(101-65(122)41-91)19-11-31-99-89(96)97/h25-28,43-46,50-62,66-71,87,116-117,119,123-124H,8-24,29-42,90-91H2,1-7H3,(H2,92,120)(H2,93,121)(H,100,118)(H,101,122)(H,102,127)(H,103,133)(H,104,132)(H,105,129)(H,106,128)(H,107,125)(H,108,130)(H,109,126)(H,110,131)(H,139,140)(H4,94,95,98)(H4,96,97,99)/t45-,46-,50+,51+,52+,53+,54+,55+,56+,57+,58+,59+,60+,61+,62-,66+,67+,68+,69-,70+,71-,87+/m1/s1. The van der Waals surface area contributed by atoms with Crippen LogP contribution in [0.25, 0.3) is 0 Å². The molecule has 0 aliphatic carbocycles. The number of carboxylic acids is 1. The minimum absolute atomic E-state index is 0.0224. The van der Waals surface area contributed by atoms with Gasteiger partial charge in [-0.1, -0.05) is 39.8 Å². The summed E-state index contributed by atoms with van der Waals surface area (Å²) in [5.41, 5.74) is 33.9. The van der Waals surface area contributed by atoms with Crippen LogP contribution in [0.15, 0.2) is 24.3 Å². The largest absolute Gasteiger partial charge is 0.508 e. The van der Waals surface area contributed by atoms with Crippen LogP contribution in [0.5, 0.6) is 5.75 Å². The van der Waals surface area contributed by atoms with Crippen molar-refractivity contribution in [2.75, 3.05) is 65.5 Å². The molecule has 6 heterocycles. The fraction of sp³-hybridized carbons (Fsp3) is 0.697. The number of amides is 18. The summed E-state index contributed by atoms with van der Waals surface area (Å²) in [6.07, 6.45) is -11.3. The molecule has 142 heavy (non-hydrogen) atoms. The molecule has 6 aliphatic rings. The maximum atomic E-state index is 15.8. The van der Waals surface area contributed by atoms with E-state index in [0.29, 0.717) is 12.0 Å². The number of nitrogens with zero attached hydrogens (tertiary/aromatic N) is 5. The lowest BCUT2D eigenvalue weighted by Crippen LogP contribution is -2.66. The summed E-state index contributed by atoms with van der Waals surface area (Å²) >= 11 is 0. The number of primary amides is 2. The number of nitrogens with two attached hydrogens (primary N) is 6. The Kier molecular flexibility index (Phi) is 45.4. The summed E-state index contributed by atoms with van der Waals surface area (Å²) in [6, 6.07) is -19.2. The van der Waals surface area contributed by atoms with E-state index >= 15 is 24.0 Å². The second-order valence-corrected chi connectivity index (χ2v) is 37.3. The molecule has 7 rings (SSSR count). The van der Waals surface area contributed by atoms with E-state index < -0.39 is 278 Å². The highest BCUT2D eigenvalue weighted by atomic mass is 16.7. The van der Waals surface area contributed by atoms with Crippen molar-refractivity contribution in [3.63, 3.8) is 0 Å². The lowest BCUT2D eigenvalue weighted by atomic mass is 9.96. The van der Waals surface area contributed by atoms with E-state index in [1.807, 2.05) is 0 Å². The van der Waals surface area contributed by atoms with Crippen molar-refractivity contribution in [3.8, 4) is 5.75 Å². The number of aromatic hydroxyl groups is 1. The molecule has 18 amide bonds. The number of phenolic OH excluding ortho intramolecular Hbond substituents is 1. The molecule has 6 fully saturated rings. The molecule has 0 bridgehead atoms. The van der Waals surface area contributed by atoms with Crippen LogP contribution < -0.4 is 104 Å². The van der Waals surface area contributed by atoms with Gasteiger partial charge in [0.15, 0.2) is 18.2 Å². The number of aliphatic hydroxyl groups excluding tert-OH is 4. The van der Waals surface area contributed by atoms with Gasteiger partial charge in [0.2, 0.25) is 106 Å². The van der Waals surface area contributed by atoms with Gasteiger partial charge in [-0.2, -0.15) is 0 Å². The summed E-state index contributed by atoms with van der Waals surface area (Å²) in [5, 5.41) is 113. The smallest absolute Gasteiger partial charge is 0.326 e. The highest BCUT2D eigenvalue weighted by Gasteiger charge is 2.52. The van der Waals surface area contributed by atoms with Gasteiger partial charge in [-0.15, -0.1) is 0 Å². The Balaban J connectivity index is 1.10. The first kappa shape index (κ1) is 116. The number of hydrogen-bond donors (Lipinski definition) is 27. The Labute approximate surface area is 820 Å². The molecule has 22 atom stereocenters. The molecule has 792 valence electrons. The Morgan fingerprint density at radius 2 is 0.873 bits per heavy atom. The molecule has 0 radical (unpaired) electrons. The van der Waals surface area contributed by atoms with E-state index in [1.165, 1.54) is 54.8 Å². The molecule has 0 unspecified atom stereocenters. The number of nitrogens with one attached hydrogen (secondary N) is 15. The van der Waals surface area contributed by atoms with Crippen molar-refractivity contribution < 1.29 is 131 Å². The number of carbonyl (C=O) groups excluding carboxylic acids is 18. The minimum Gasteiger partial charge on any atom is -0.508 e. The Hall–Kier alpha value is -12.8. The number of ether oxygens (including phenoxy) is 2. The van der Waals surface area contributed by atoms with Gasteiger partial charge in [-0.3, -0.25) is 97.1 Å². The maximum absolute atomic E-state index is 15.8. The average molecular weight is 2010 g/mol. The lowest BCUT2D eigenvalue weighted by Gasteiger charge is -2.43. The van der Waals surface area contributed by atoms with E-state index in [-0.39, 0.29) is 192 Å². The highest BCUT2D eigenvalue weighted by molar-refractivity contribution is 6.03. The van der Waals surface area contributed by atoms with E-state index in [0.717, 1.165) is 28.5 Å². The van der Waals surface area contributed by atoms with Crippen molar-refractivity contribution in [1.82, 2.24) is 93.6 Å². The monoisotopic (exact) mass is 2010 g/mol. The number of aliphatic hydroxyl groups is 4. The van der Waals surface area contributed by atoms with E-state index in [2.05, 4.69) is 69.1 Å². The number of guanidine groups is 2. The molecule has 53 nitrogen and oxygen atoms in total. The highest BCUT2D eigenvalue weighted by Crippen LogP contribution is 2.31. The Morgan fingerprint density at radius 1 is 0.472 bits per heavy atom. The van der Waals surface area contributed by atoms with Crippen LogP contribution in [0.1, 0.15) is 182 Å². The molecule has 33 N–H and O–H groups in total. The zero-order valence-corrected chi connectivity index (χ0v) is 81.0. The van der Waals surface area contributed by atoms with E-state index in [9.17, 15) is 97.8 Å². The van der Waals surface area contributed by atoms with E-state index in [1.54, 1.807) is 13.8 Å². The third kappa shape index (κ3) is 33.4. The molecule has 1 aromatic rings. The number of carbonyl (C=O) groups is 19. The number of likely N-dealkylation sites (tertiary alicyclic amines) is 5. The normalized spacial score (nSPS) is 22.5. The third-order valence-corrected chi connectivity index (χ3v) is 25.5. The molecule has 6 aliphatic heterocycles. The van der Waals surface area contributed by atoms with Crippen LogP contribution in [0, 0.1) is 22.7 Å². The van der Waals surface area contributed by atoms with Crippen molar-refractivity contribution in [3.05, 3.63) is 29.8 Å². The number of rotatable bonds is 53. The van der Waals surface area contributed by atoms with Crippen LogP contribution in [-0.2, 0) is 107 Å². The number of hydrogen-bond acceptors (Lipinski definition) is 30. The predicted molar refractivity (Wildman–Crippen MR) is 502 cm³/mol.